The minimum atomic E-state index is -1.80. The van der Waals surface area contributed by atoms with Crippen LogP contribution in [-0.4, -0.2) is 140 Å². The SMILES string of the molecule is CC/C=C\C/C=C\C/C=C\C/C=C\C/C=C\C/C=C\C/C=C\C/C=C\C/C=C\C/C=C\C/C=C\C/C=C\CCCCC(=O)NC(COC1OC(CO)C(OC2OC(CO)C(O)C(O)C2O)C(O)C1O)C(O)/C=C/CCCCCCCCCCCCCCCCCCCCCCCCCCC. The fraction of sp³-hybridized carbons (Fsp3) is 0.686. The molecule has 2 aliphatic heterocycles. The number of hydrogen-bond donors (Lipinski definition) is 9. The molecule has 14 nitrogen and oxygen atoms in total. The number of hydrogen-bond acceptors (Lipinski definition) is 13. The number of carbonyl (C=O) groups is 1. The second-order valence-corrected chi connectivity index (χ2v) is 27.1. The van der Waals surface area contributed by atoms with Crippen molar-refractivity contribution >= 4 is 5.91 Å². The van der Waals surface area contributed by atoms with E-state index in [1.807, 2.05) is 6.08 Å². The molecule has 0 aliphatic carbocycles. The Hall–Kier alpha value is -4.39. The van der Waals surface area contributed by atoms with Gasteiger partial charge in [-0.15, -0.1) is 0 Å². The molecule has 2 fully saturated rings. The standard InChI is InChI=1S/C86H143NO13/c1-3-5-7-9-11-13-15-17-19-21-23-25-27-29-31-32-33-34-35-36-37-38-39-40-41-42-44-46-48-50-52-54-56-58-60-62-64-66-68-70-78(91)87-74(73-97-85-83(96)81(94)84(77(72-89)99-85)100-86-82(95)80(93)79(92)76(71-88)98-86)75(90)69-67-65-63-61-59-57-55-53-51-49-47-45-43-30-28-26-24-22-20-18-16-14-12-10-8-6-4-2/h5,7,11,13,17,19,23,25,29,31,33-34,36-37,39-40,42,44,48,50,54,56,60,62,67,69,74-77,79-86,88-90,92-96H,3-4,6,8-10,12,14-16,18,20-22,24,26-28,30,32,35,38,41,43,45-47,49,51-53,55,57-59,61,63-66,68,70-73H2,1-2H3,(H,87,91)/b7-5-,13-11-,19-17-,25-23-,31-29-,34-33-,37-36-,40-39-,44-42-,50-48-,56-54-,62-60-,69-67+. The maximum Gasteiger partial charge on any atom is 0.220 e. The topological polar surface area (TPSA) is 228 Å². The molecule has 2 saturated heterocycles. The summed E-state index contributed by atoms with van der Waals surface area (Å²) in [5.74, 6) is -0.285. The number of aliphatic hydroxyl groups is 8. The highest BCUT2D eigenvalue weighted by Crippen LogP contribution is 2.30. The molecule has 2 heterocycles. The van der Waals surface area contributed by atoms with Crippen LogP contribution in [-0.2, 0) is 23.7 Å². The van der Waals surface area contributed by atoms with Gasteiger partial charge in [-0.3, -0.25) is 4.79 Å². The molecule has 570 valence electrons. The minimum Gasteiger partial charge on any atom is -0.394 e. The average Bonchev–Trinajstić information content (AvgIpc) is 0.796. The first-order valence-electron chi connectivity index (χ1n) is 39.7. The fourth-order valence-corrected chi connectivity index (χ4v) is 12.0. The Morgan fingerprint density at radius 3 is 1.06 bits per heavy atom. The lowest BCUT2D eigenvalue weighted by atomic mass is 9.97. The van der Waals surface area contributed by atoms with Gasteiger partial charge in [0, 0.05) is 6.42 Å². The van der Waals surface area contributed by atoms with Crippen LogP contribution in [0.3, 0.4) is 0 Å². The van der Waals surface area contributed by atoms with Crippen molar-refractivity contribution in [1.29, 1.82) is 0 Å². The molecule has 0 bridgehead atoms. The first kappa shape index (κ1) is 91.7. The quantitative estimate of drug-likeness (QED) is 0.0204. The van der Waals surface area contributed by atoms with E-state index in [9.17, 15) is 45.6 Å². The summed E-state index contributed by atoms with van der Waals surface area (Å²) in [6, 6.07) is -0.952. The van der Waals surface area contributed by atoms with Gasteiger partial charge in [0.2, 0.25) is 5.91 Å². The van der Waals surface area contributed by atoms with E-state index in [0.717, 1.165) is 116 Å². The van der Waals surface area contributed by atoms with Gasteiger partial charge in [-0.1, -0.05) is 326 Å². The predicted octanol–water partition coefficient (Wildman–Crippen LogP) is 18.1. The monoisotopic (exact) mass is 1400 g/mol. The average molecular weight is 1400 g/mol. The van der Waals surface area contributed by atoms with Crippen molar-refractivity contribution in [1.82, 2.24) is 5.32 Å². The molecule has 2 aliphatic rings. The summed E-state index contributed by atoms with van der Waals surface area (Å²) < 4.78 is 22.9. The van der Waals surface area contributed by atoms with Crippen molar-refractivity contribution in [3.63, 3.8) is 0 Å². The van der Waals surface area contributed by atoms with E-state index in [-0.39, 0.29) is 18.9 Å². The third-order valence-electron chi connectivity index (χ3n) is 18.2. The van der Waals surface area contributed by atoms with Crippen LogP contribution in [0.4, 0.5) is 0 Å². The summed E-state index contributed by atoms with van der Waals surface area (Å²) in [6.45, 7) is 2.68. The van der Waals surface area contributed by atoms with E-state index in [1.165, 1.54) is 141 Å². The van der Waals surface area contributed by atoms with E-state index in [4.69, 9.17) is 18.9 Å². The van der Waals surface area contributed by atoms with Crippen molar-refractivity contribution in [2.75, 3.05) is 19.8 Å². The van der Waals surface area contributed by atoms with Gasteiger partial charge in [-0.05, 0) is 109 Å². The highest BCUT2D eigenvalue weighted by molar-refractivity contribution is 5.76. The molecule has 9 N–H and O–H groups in total. The van der Waals surface area contributed by atoms with Gasteiger partial charge >= 0.3 is 0 Å². The molecule has 12 atom stereocenters. The summed E-state index contributed by atoms with van der Waals surface area (Å²) in [4.78, 5) is 13.4. The van der Waals surface area contributed by atoms with E-state index in [1.54, 1.807) is 6.08 Å². The largest absolute Gasteiger partial charge is 0.394 e. The maximum atomic E-state index is 13.4. The van der Waals surface area contributed by atoms with Gasteiger partial charge in [-0.25, -0.2) is 0 Å². The number of amides is 1. The van der Waals surface area contributed by atoms with Gasteiger partial charge in [0.25, 0.3) is 0 Å². The lowest BCUT2D eigenvalue weighted by molar-refractivity contribution is -0.359. The Bertz CT molecular complexity index is 2290. The fourth-order valence-electron chi connectivity index (χ4n) is 12.0. The smallest absolute Gasteiger partial charge is 0.220 e. The number of carbonyl (C=O) groups excluding carboxylic acids is 1. The Morgan fingerprint density at radius 2 is 0.690 bits per heavy atom. The van der Waals surface area contributed by atoms with E-state index >= 15 is 0 Å². The molecule has 1 amide bonds. The Labute approximate surface area is 607 Å². The molecule has 0 spiro atoms. The van der Waals surface area contributed by atoms with Gasteiger partial charge in [-0.2, -0.15) is 0 Å². The summed E-state index contributed by atoms with van der Waals surface area (Å²) in [5.41, 5.74) is 0. The maximum absolute atomic E-state index is 13.4. The van der Waals surface area contributed by atoms with Crippen molar-refractivity contribution in [2.24, 2.45) is 0 Å². The third kappa shape index (κ3) is 50.1. The van der Waals surface area contributed by atoms with Crippen molar-refractivity contribution < 1.29 is 64.6 Å². The predicted molar refractivity (Wildman–Crippen MR) is 414 cm³/mol. The molecule has 0 aromatic carbocycles. The summed E-state index contributed by atoms with van der Waals surface area (Å²) in [6.07, 6.45) is 87.4. The number of unbranched alkanes of at least 4 members (excludes halogenated alkanes) is 27. The first-order valence-corrected chi connectivity index (χ1v) is 39.7. The molecule has 12 unspecified atom stereocenters. The highest BCUT2D eigenvalue weighted by atomic mass is 16.7. The van der Waals surface area contributed by atoms with Crippen LogP contribution in [0, 0.1) is 0 Å². The normalized spacial score (nSPS) is 22.7. The zero-order valence-electron chi connectivity index (χ0n) is 62.4. The van der Waals surface area contributed by atoms with Crippen molar-refractivity contribution in [3.05, 3.63) is 158 Å². The van der Waals surface area contributed by atoms with Crippen molar-refractivity contribution in [2.45, 2.75) is 357 Å². The molecular formula is C86H143NO13. The lowest BCUT2D eigenvalue weighted by Crippen LogP contribution is -2.65. The molecule has 0 aromatic heterocycles. The number of allylic oxidation sites excluding steroid dienone is 25. The van der Waals surface area contributed by atoms with Gasteiger partial charge in [0.05, 0.1) is 32.0 Å². The van der Waals surface area contributed by atoms with E-state index < -0.39 is 86.8 Å². The Morgan fingerprint density at radius 1 is 0.370 bits per heavy atom. The van der Waals surface area contributed by atoms with E-state index in [2.05, 4.69) is 165 Å². The van der Waals surface area contributed by atoms with Crippen LogP contribution >= 0.6 is 0 Å². The van der Waals surface area contributed by atoms with Crippen LogP contribution in [0.5, 0.6) is 0 Å². The van der Waals surface area contributed by atoms with Crippen LogP contribution in [0.2, 0.25) is 0 Å². The Kier molecular flexibility index (Phi) is 62.1. The number of ether oxygens (including phenoxy) is 4. The van der Waals surface area contributed by atoms with Crippen LogP contribution < -0.4 is 5.32 Å². The van der Waals surface area contributed by atoms with Crippen molar-refractivity contribution in [3.8, 4) is 0 Å². The third-order valence-corrected chi connectivity index (χ3v) is 18.2. The second kappa shape index (κ2) is 67.8. The summed E-state index contributed by atoms with van der Waals surface area (Å²) in [7, 11) is 0. The second-order valence-electron chi connectivity index (χ2n) is 27.1. The van der Waals surface area contributed by atoms with Crippen LogP contribution in [0.25, 0.3) is 0 Å². The zero-order valence-corrected chi connectivity index (χ0v) is 62.4. The van der Waals surface area contributed by atoms with Crippen LogP contribution in [0.1, 0.15) is 284 Å². The Balaban J connectivity index is 1.67. The zero-order chi connectivity index (χ0) is 72.2. The van der Waals surface area contributed by atoms with Gasteiger partial charge in [0.1, 0.15) is 48.8 Å². The van der Waals surface area contributed by atoms with Gasteiger partial charge < -0.3 is 65.1 Å². The molecule has 100 heavy (non-hydrogen) atoms. The molecular weight excluding hydrogens is 1250 g/mol. The molecule has 2 rings (SSSR count). The summed E-state index contributed by atoms with van der Waals surface area (Å²) >= 11 is 0. The highest BCUT2D eigenvalue weighted by Gasteiger charge is 2.51. The lowest BCUT2D eigenvalue weighted by Gasteiger charge is -2.46. The molecule has 0 aromatic rings. The minimum absolute atomic E-state index is 0.216. The van der Waals surface area contributed by atoms with Crippen LogP contribution in [0.15, 0.2) is 158 Å². The molecule has 0 radical (unpaired) electrons. The first-order chi connectivity index (χ1) is 49.1. The van der Waals surface area contributed by atoms with Gasteiger partial charge in [0.15, 0.2) is 12.6 Å². The molecule has 14 heteroatoms. The van der Waals surface area contributed by atoms with E-state index in [0.29, 0.717) is 6.42 Å². The number of aliphatic hydroxyl groups excluding tert-OH is 8. The molecule has 0 saturated carbocycles. The summed E-state index contributed by atoms with van der Waals surface area (Å²) in [5, 5.41) is 87.6. The number of nitrogens with one attached hydrogen (secondary N) is 1. The number of rotatable bonds is 64.